The maximum absolute atomic E-state index is 14.6. The largest absolute Gasteiger partial charge is 0.350 e. The molecule has 1 atom stereocenters. The molecule has 46 heavy (non-hydrogen) atoms. The van der Waals surface area contributed by atoms with Gasteiger partial charge in [0.15, 0.2) is 0 Å². The Hall–Kier alpha value is -4.14. The lowest BCUT2D eigenvalue weighted by Gasteiger charge is -2.35. The number of sulfonamides is 1. The van der Waals surface area contributed by atoms with Crippen LogP contribution in [0.5, 0.6) is 0 Å². The standard InChI is InChI=1S/C37H42ClN3O4S/c1-26-16-19-32(22-28(26)3)41(46(44,45)33-20-17-31(38)18-21-33)25-35(42)40(24-30-15-11-10-12-27(30)2)34(36(43)39-37(4,5)6)23-29-13-8-7-9-14-29/h7-22,34H,23-25H2,1-6H3,(H,39,43). The normalized spacial score (nSPS) is 12.3. The van der Waals surface area contributed by atoms with Crippen LogP contribution in [0.2, 0.25) is 5.02 Å². The van der Waals surface area contributed by atoms with Gasteiger partial charge in [-0.1, -0.05) is 72.3 Å². The quantitative estimate of drug-likeness (QED) is 0.188. The van der Waals surface area contributed by atoms with Crippen LogP contribution in [0.15, 0.2) is 102 Å². The molecule has 0 bridgehead atoms. The van der Waals surface area contributed by atoms with Gasteiger partial charge >= 0.3 is 0 Å². The van der Waals surface area contributed by atoms with E-state index in [0.29, 0.717) is 10.7 Å². The summed E-state index contributed by atoms with van der Waals surface area (Å²) in [6.45, 7) is 11.0. The molecule has 4 aromatic rings. The molecule has 4 aromatic carbocycles. The molecule has 0 saturated carbocycles. The van der Waals surface area contributed by atoms with Crippen molar-refractivity contribution in [1.29, 1.82) is 0 Å². The zero-order chi connectivity index (χ0) is 33.6. The number of carbonyl (C=O) groups is 2. The zero-order valence-electron chi connectivity index (χ0n) is 27.2. The number of anilines is 1. The second-order valence-electron chi connectivity index (χ2n) is 12.6. The minimum absolute atomic E-state index is 0.000284. The summed E-state index contributed by atoms with van der Waals surface area (Å²) in [7, 11) is -4.22. The van der Waals surface area contributed by atoms with Crippen LogP contribution in [-0.2, 0) is 32.6 Å². The Labute approximate surface area is 278 Å². The van der Waals surface area contributed by atoms with Gasteiger partial charge in [0.2, 0.25) is 11.8 Å². The third-order valence-corrected chi connectivity index (χ3v) is 9.87. The first-order valence-electron chi connectivity index (χ1n) is 15.2. The molecule has 0 aliphatic heterocycles. The van der Waals surface area contributed by atoms with Gasteiger partial charge in [-0.3, -0.25) is 13.9 Å². The molecule has 1 N–H and O–H groups in total. The fourth-order valence-electron chi connectivity index (χ4n) is 5.12. The van der Waals surface area contributed by atoms with Crippen molar-refractivity contribution < 1.29 is 18.0 Å². The molecule has 9 heteroatoms. The highest BCUT2D eigenvalue weighted by Gasteiger charge is 2.36. The summed E-state index contributed by atoms with van der Waals surface area (Å²) >= 11 is 6.08. The third-order valence-electron chi connectivity index (χ3n) is 7.83. The maximum Gasteiger partial charge on any atom is 0.264 e. The second-order valence-corrected chi connectivity index (χ2v) is 14.9. The smallest absolute Gasteiger partial charge is 0.264 e. The van der Waals surface area contributed by atoms with Crippen molar-refractivity contribution in [1.82, 2.24) is 10.2 Å². The van der Waals surface area contributed by atoms with Crippen LogP contribution in [0, 0.1) is 20.8 Å². The summed E-state index contributed by atoms with van der Waals surface area (Å²) in [5.74, 6) is -0.833. The van der Waals surface area contributed by atoms with Gasteiger partial charge in [0.05, 0.1) is 10.6 Å². The molecule has 4 rings (SSSR count). The highest BCUT2D eigenvalue weighted by molar-refractivity contribution is 7.92. The molecule has 0 fully saturated rings. The molecule has 2 amide bonds. The van der Waals surface area contributed by atoms with Gasteiger partial charge in [0.25, 0.3) is 10.0 Å². The van der Waals surface area contributed by atoms with Crippen LogP contribution >= 0.6 is 11.6 Å². The van der Waals surface area contributed by atoms with Crippen molar-refractivity contribution in [2.75, 3.05) is 10.8 Å². The van der Waals surface area contributed by atoms with Gasteiger partial charge in [0, 0.05) is 23.5 Å². The molecular formula is C37H42ClN3O4S. The first-order chi connectivity index (χ1) is 21.7. The van der Waals surface area contributed by atoms with E-state index in [1.54, 1.807) is 12.1 Å². The topological polar surface area (TPSA) is 86.8 Å². The Morgan fingerprint density at radius 2 is 1.43 bits per heavy atom. The second kappa shape index (κ2) is 14.5. The van der Waals surface area contributed by atoms with Gasteiger partial charge < -0.3 is 10.2 Å². The van der Waals surface area contributed by atoms with Crippen molar-refractivity contribution in [3.63, 3.8) is 0 Å². The SMILES string of the molecule is Cc1ccc(N(CC(=O)N(Cc2ccccc2C)C(Cc2ccccc2)C(=O)NC(C)(C)C)S(=O)(=O)c2ccc(Cl)cc2)cc1C. The maximum atomic E-state index is 14.6. The summed E-state index contributed by atoms with van der Waals surface area (Å²) in [5, 5.41) is 3.45. The van der Waals surface area contributed by atoms with Crippen LogP contribution in [0.25, 0.3) is 0 Å². The van der Waals surface area contributed by atoms with Crippen molar-refractivity contribution in [3.8, 4) is 0 Å². The van der Waals surface area contributed by atoms with E-state index in [9.17, 15) is 18.0 Å². The Bertz CT molecular complexity index is 1790. The summed E-state index contributed by atoms with van der Waals surface area (Å²) in [5.41, 5.74) is 4.34. The molecule has 1 unspecified atom stereocenters. The zero-order valence-corrected chi connectivity index (χ0v) is 28.8. The Kier molecular flexibility index (Phi) is 11.0. The van der Waals surface area contributed by atoms with Crippen molar-refractivity contribution in [2.24, 2.45) is 0 Å². The average Bonchev–Trinajstić information content (AvgIpc) is 2.99. The summed E-state index contributed by atoms with van der Waals surface area (Å²) < 4.78 is 29.6. The van der Waals surface area contributed by atoms with Crippen LogP contribution in [0.1, 0.15) is 48.6 Å². The fourth-order valence-corrected chi connectivity index (χ4v) is 6.65. The predicted molar refractivity (Wildman–Crippen MR) is 185 cm³/mol. The number of nitrogens with one attached hydrogen (secondary N) is 1. The van der Waals surface area contributed by atoms with E-state index >= 15 is 0 Å². The molecule has 0 aliphatic rings. The lowest BCUT2D eigenvalue weighted by atomic mass is 10.00. The van der Waals surface area contributed by atoms with Crippen molar-refractivity contribution in [3.05, 3.63) is 130 Å². The summed E-state index contributed by atoms with van der Waals surface area (Å²) in [6, 6.07) is 27.4. The lowest BCUT2D eigenvalue weighted by molar-refractivity contribution is -0.140. The molecular weight excluding hydrogens is 618 g/mol. The molecule has 0 aromatic heterocycles. The van der Waals surface area contributed by atoms with Crippen LogP contribution in [0.3, 0.4) is 0 Å². The Balaban J connectivity index is 1.84. The van der Waals surface area contributed by atoms with E-state index in [1.807, 2.05) is 102 Å². The van der Waals surface area contributed by atoms with E-state index in [-0.39, 0.29) is 23.8 Å². The monoisotopic (exact) mass is 659 g/mol. The summed E-state index contributed by atoms with van der Waals surface area (Å²) in [6.07, 6.45) is 0.244. The van der Waals surface area contributed by atoms with Crippen molar-refractivity contribution in [2.45, 2.75) is 71.0 Å². The van der Waals surface area contributed by atoms with E-state index in [0.717, 1.165) is 32.1 Å². The van der Waals surface area contributed by atoms with E-state index in [4.69, 9.17) is 11.6 Å². The van der Waals surface area contributed by atoms with Crippen LogP contribution in [-0.4, -0.2) is 43.3 Å². The Morgan fingerprint density at radius 1 is 0.804 bits per heavy atom. The molecule has 0 radical (unpaired) electrons. The number of hydrogen-bond acceptors (Lipinski definition) is 4. The number of aryl methyl sites for hydroxylation is 3. The molecule has 0 heterocycles. The van der Waals surface area contributed by atoms with Crippen LogP contribution in [0.4, 0.5) is 5.69 Å². The number of carbonyl (C=O) groups excluding carboxylic acids is 2. The minimum atomic E-state index is -4.22. The molecule has 7 nitrogen and oxygen atoms in total. The lowest BCUT2D eigenvalue weighted by Crippen LogP contribution is -2.56. The Morgan fingerprint density at radius 3 is 2.04 bits per heavy atom. The molecule has 0 aliphatic carbocycles. The first-order valence-corrected chi connectivity index (χ1v) is 17.0. The van der Waals surface area contributed by atoms with Crippen LogP contribution < -0.4 is 9.62 Å². The molecule has 242 valence electrons. The highest BCUT2D eigenvalue weighted by atomic mass is 35.5. The molecule has 0 spiro atoms. The predicted octanol–water partition coefficient (Wildman–Crippen LogP) is 7.02. The highest BCUT2D eigenvalue weighted by Crippen LogP contribution is 2.28. The van der Waals surface area contributed by atoms with Gasteiger partial charge in [-0.2, -0.15) is 0 Å². The number of nitrogens with zero attached hydrogens (tertiary/aromatic N) is 2. The number of rotatable bonds is 11. The number of halogens is 1. The van der Waals surface area contributed by atoms with E-state index in [2.05, 4.69) is 5.32 Å². The fraction of sp³-hybridized carbons (Fsp3) is 0.297. The van der Waals surface area contributed by atoms with Crippen molar-refractivity contribution >= 4 is 39.1 Å². The third kappa shape index (κ3) is 8.77. The van der Waals surface area contributed by atoms with Gasteiger partial charge in [-0.15, -0.1) is 0 Å². The minimum Gasteiger partial charge on any atom is -0.350 e. The van der Waals surface area contributed by atoms with Gasteiger partial charge in [0.1, 0.15) is 12.6 Å². The van der Waals surface area contributed by atoms with Gasteiger partial charge in [-0.05, 0) is 106 Å². The number of hydrogen-bond donors (Lipinski definition) is 1. The molecule has 0 saturated heterocycles. The first kappa shape index (κ1) is 34.7. The number of amides is 2. The van der Waals surface area contributed by atoms with Gasteiger partial charge in [-0.25, -0.2) is 8.42 Å². The van der Waals surface area contributed by atoms with E-state index < -0.39 is 34.1 Å². The average molecular weight is 660 g/mol. The number of benzene rings is 4. The summed E-state index contributed by atoms with van der Waals surface area (Å²) in [4.78, 5) is 30.2. The van der Waals surface area contributed by atoms with E-state index in [1.165, 1.54) is 29.2 Å².